The second-order valence-corrected chi connectivity index (χ2v) is 6.67. The van der Waals surface area contributed by atoms with Crippen molar-refractivity contribution in [3.63, 3.8) is 0 Å². The first-order valence-corrected chi connectivity index (χ1v) is 7.21. The third kappa shape index (κ3) is 2.90. The summed E-state index contributed by atoms with van der Waals surface area (Å²) in [5.41, 5.74) is -0.363. The van der Waals surface area contributed by atoms with Crippen LogP contribution in [0.1, 0.15) is 0 Å². The van der Waals surface area contributed by atoms with Gasteiger partial charge >= 0.3 is 0 Å². The van der Waals surface area contributed by atoms with Crippen molar-refractivity contribution in [3.8, 4) is 0 Å². The Bertz CT molecular complexity index is 530. The molecule has 0 aliphatic heterocycles. The summed E-state index contributed by atoms with van der Waals surface area (Å²) in [5, 5.41) is 10.5. The minimum atomic E-state index is -4.01. The zero-order valence-electron chi connectivity index (χ0n) is 6.78. The molecule has 0 spiro atoms. The number of hydrogen-bond donors (Lipinski definition) is 0. The Morgan fingerprint density at radius 2 is 1.80 bits per heavy atom. The first kappa shape index (κ1) is 12.9. The molecule has 0 heterocycles. The lowest BCUT2D eigenvalue weighted by Crippen LogP contribution is -1.96. The molecule has 82 valence electrons. The Morgan fingerprint density at radius 3 is 2.20 bits per heavy atom. The fourth-order valence-electron chi connectivity index (χ4n) is 0.845. The molecule has 0 aliphatic carbocycles. The number of benzene rings is 1. The molecular formula is C6H2Br2ClNO4S. The second kappa shape index (κ2) is 4.36. The van der Waals surface area contributed by atoms with E-state index in [-0.39, 0.29) is 19.5 Å². The van der Waals surface area contributed by atoms with Gasteiger partial charge in [0.1, 0.15) is 4.90 Å². The van der Waals surface area contributed by atoms with Crippen LogP contribution < -0.4 is 0 Å². The van der Waals surface area contributed by atoms with Gasteiger partial charge in [0.25, 0.3) is 14.7 Å². The van der Waals surface area contributed by atoms with E-state index >= 15 is 0 Å². The highest BCUT2D eigenvalue weighted by atomic mass is 79.9. The quantitative estimate of drug-likeness (QED) is 0.450. The van der Waals surface area contributed by atoms with E-state index in [0.717, 1.165) is 6.07 Å². The third-order valence-electron chi connectivity index (χ3n) is 1.46. The predicted molar refractivity (Wildman–Crippen MR) is 61.5 cm³/mol. The number of halogens is 3. The van der Waals surface area contributed by atoms with Gasteiger partial charge < -0.3 is 0 Å². The lowest BCUT2D eigenvalue weighted by Gasteiger charge is -2.01. The Hall–Kier alpha value is -0.180. The molecule has 0 bridgehead atoms. The van der Waals surface area contributed by atoms with E-state index in [1.807, 2.05) is 0 Å². The van der Waals surface area contributed by atoms with Gasteiger partial charge in [-0.2, -0.15) is 0 Å². The Labute approximate surface area is 106 Å². The van der Waals surface area contributed by atoms with Crippen LogP contribution in [-0.2, 0) is 9.05 Å². The second-order valence-electron chi connectivity index (χ2n) is 2.43. The summed E-state index contributed by atoms with van der Waals surface area (Å²) < 4.78 is 22.4. The van der Waals surface area contributed by atoms with E-state index in [4.69, 9.17) is 10.7 Å². The van der Waals surface area contributed by atoms with E-state index in [2.05, 4.69) is 31.9 Å². The molecule has 1 aromatic rings. The fourth-order valence-corrected chi connectivity index (χ4v) is 3.83. The van der Waals surface area contributed by atoms with Crippen molar-refractivity contribution in [2.24, 2.45) is 0 Å². The summed E-state index contributed by atoms with van der Waals surface area (Å²) in [7, 11) is 1.09. The van der Waals surface area contributed by atoms with Crippen molar-refractivity contribution in [2.45, 2.75) is 4.90 Å². The average Bonchev–Trinajstić information content (AvgIpc) is 2.00. The van der Waals surface area contributed by atoms with Gasteiger partial charge in [0.15, 0.2) is 0 Å². The molecule has 5 nitrogen and oxygen atoms in total. The van der Waals surface area contributed by atoms with Gasteiger partial charge in [-0.1, -0.05) is 0 Å². The highest BCUT2D eigenvalue weighted by Gasteiger charge is 2.22. The van der Waals surface area contributed by atoms with Crippen molar-refractivity contribution in [3.05, 3.63) is 31.2 Å². The van der Waals surface area contributed by atoms with Crippen LogP contribution in [0.4, 0.5) is 5.69 Å². The predicted octanol–water partition coefficient (Wildman–Crippen LogP) is 3.05. The van der Waals surface area contributed by atoms with Crippen LogP contribution in [0.15, 0.2) is 26.0 Å². The zero-order valence-corrected chi connectivity index (χ0v) is 11.5. The van der Waals surface area contributed by atoms with Crippen LogP contribution in [0, 0.1) is 10.1 Å². The number of hydrogen-bond acceptors (Lipinski definition) is 4. The highest BCUT2D eigenvalue weighted by Crippen LogP contribution is 2.34. The molecular weight excluding hydrogens is 377 g/mol. The Balaban J connectivity index is 3.58. The molecule has 0 saturated heterocycles. The lowest BCUT2D eigenvalue weighted by atomic mass is 10.3. The molecule has 0 N–H and O–H groups in total. The van der Waals surface area contributed by atoms with Gasteiger partial charge in [0.2, 0.25) is 0 Å². The lowest BCUT2D eigenvalue weighted by molar-refractivity contribution is -0.385. The summed E-state index contributed by atoms with van der Waals surface area (Å²) in [5.74, 6) is 0. The summed E-state index contributed by atoms with van der Waals surface area (Å²) in [4.78, 5) is 9.49. The molecule has 0 amide bonds. The van der Waals surface area contributed by atoms with Gasteiger partial charge in [0.05, 0.1) is 9.40 Å². The summed E-state index contributed by atoms with van der Waals surface area (Å²) >= 11 is 5.89. The molecule has 0 unspecified atom stereocenters. The van der Waals surface area contributed by atoms with E-state index in [9.17, 15) is 18.5 Å². The molecule has 0 aromatic heterocycles. The first-order chi connectivity index (χ1) is 6.73. The van der Waals surface area contributed by atoms with Crippen molar-refractivity contribution in [1.82, 2.24) is 0 Å². The van der Waals surface area contributed by atoms with Gasteiger partial charge in [-0.05, 0) is 37.9 Å². The van der Waals surface area contributed by atoms with Gasteiger partial charge in [-0.25, -0.2) is 8.42 Å². The summed E-state index contributed by atoms with van der Waals surface area (Å²) in [6, 6.07) is 2.14. The molecule has 1 aromatic carbocycles. The molecule has 0 saturated carbocycles. The van der Waals surface area contributed by atoms with E-state index < -0.39 is 14.0 Å². The molecule has 9 heteroatoms. The zero-order chi connectivity index (χ0) is 11.8. The largest absolute Gasteiger partial charge is 0.284 e. The molecule has 0 fully saturated rings. The smallest absolute Gasteiger partial charge is 0.258 e. The SMILES string of the molecule is O=[N+]([O-])c1cc(S(=O)(=O)Cl)c(Br)cc1Br. The maximum atomic E-state index is 11.0. The number of rotatable bonds is 2. The van der Waals surface area contributed by atoms with Crippen LogP contribution in [0.2, 0.25) is 0 Å². The monoisotopic (exact) mass is 377 g/mol. The molecule has 0 radical (unpaired) electrons. The van der Waals surface area contributed by atoms with Crippen LogP contribution in [0.25, 0.3) is 0 Å². The molecule has 0 atom stereocenters. The molecule has 0 aliphatic rings. The summed E-state index contributed by atoms with van der Waals surface area (Å²) in [6.45, 7) is 0. The minimum Gasteiger partial charge on any atom is -0.258 e. The van der Waals surface area contributed by atoms with Crippen molar-refractivity contribution < 1.29 is 13.3 Å². The summed E-state index contributed by atoms with van der Waals surface area (Å²) in [6.07, 6.45) is 0. The van der Waals surface area contributed by atoms with E-state index in [1.165, 1.54) is 6.07 Å². The van der Waals surface area contributed by atoms with Gasteiger partial charge in [-0.3, -0.25) is 10.1 Å². The van der Waals surface area contributed by atoms with Gasteiger partial charge in [-0.15, -0.1) is 0 Å². The van der Waals surface area contributed by atoms with Gasteiger partial charge in [0, 0.05) is 21.2 Å². The Morgan fingerprint density at radius 1 is 1.27 bits per heavy atom. The average molecular weight is 379 g/mol. The molecule has 1 rings (SSSR count). The number of nitro groups is 1. The number of nitrogens with zero attached hydrogens (tertiary/aromatic N) is 1. The fraction of sp³-hybridized carbons (Fsp3) is 0. The van der Waals surface area contributed by atoms with Crippen LogP contribution in [0.3, 0.4) is 0 Å². The minimum absolute atomic E-state index is 0.162. The third-order valence-corrected chi connectivity index (χ3v) is 4.38. The highest BCUT2D eigenvalue weighted by molar-refractivity contribution is 9.11. The molecule has 15 heavy (non-hydrogen) atoms. The number of nitro benzene ring substituents is 1. The normalized spacial score (nSPS) is 11.4. The van der Waals surface area contributed by atoms with Crippen molar-refractivity contribution in [2.75, 3.05) is 0 Å². The van der Waals surface area contributed by atoms with E-state index in [1.54, 1.807) is 0 Å². The maximum absolute atomic E-state index is 11.0. The van der Waals surface area contributed by atoms with Crippen LogP contribution >= 0.6 is 42.5 Å². The maximum Gasteiger partial charge on any atom is 0.284 e. The van der Waals surface area contributed by atoms with Crippen LogP contribution in [-0.4, -0.2) is 13.3 Å². The Kier molecular flexibility index (Phi) is 3.75. The van der Waals surface area contributed by atoms with Crippen LogP contribution in [0.5, 0.6) is 0 Å². The van der Waals surface area contributed by atoms with E-state index in [0.29, 0.717) is 0 Å². The first-order valence-electron chi connectivity index (χ1n) is 3.31. The standard InChI is InChI=1S/C6H2Br2ClNO4S/c7-3-1-4(8)6(15(9,13)14)2-5(3)10(11)12/h1-2H. The van der Waals surface area contributed by atoms with Crippen molar-refractivity contribution in [1.29, 1.82) is 0 Å². The topological polar surface area (TPSA) is 77.3 Å². The van der Waals surface area contributed by atoms with Crippen molar-refractivity contribution >= 4 is 57.3 Å².